The maximum Gasteiger partial charge on any atom is 0.205 e. The Labute approximate surface area is 175 Å². The lowest BCUT2D eigenvalue weighted by Gasteiger charge is -2.34. The van der Waals surface area contributed by atoms with Crippen LogP contribution < -0.4 is 10.1 Å². The van der Waals surface area contributed by atoms with Crippen LogP contribution in [-0.4, -0.2) is 10.8 Å². The zero-order valence-corrected chi connectivity index (χ0v) is 17.1. The van der Waals surface area contributed by atoms with Gasteiger partial charge in [0.2, 0.25) is 5.79 Å². The molecule has 1 aliphatic rings. The van der Waals surface area contributed by atoms with Crippen molar-refractivity contribution in [2.24, 2.45) is 0 Å². The van der Waals surface area contributed by atoms with E-state index in [9.17, 15) is 4.39 Å². The Bertz CT molecular complexity index is 1130. The van der Waals surface area contributed by atoms with Gasteiger partial charge in [0.05, 0.1) is 29.6 Å². The van der Waals surface area contributed by atoms with Crippen LogP contribution in [0.5, 0.6) is 5.75 Å². The third kappa shape index (κ3) is 3.98. The Morgan fingerprint density at radius 2 is 1.90 bits per heavy atom. The Balaban J connectivity index is 1.53. The van der Waals surface area contributed by atoms with Crippen LogP contribution in [0, 0.1) is 24.1 Å². The second-order valence-electron chi connectivity index (χ2n) is 7.70. The van der Waals surface area contributed by atoms with Crippen molar-refractivity contribution < 1.29 is 13.9 Å². The molecule has 0 unspecified atom stereocenters. The Hall–Kier alpha value is -3.43. The topological polar surface area (TPSA) is 67.2 Å². The number of halogens is 1. The van der Waals surface area contributed by atoms with Crippen LogP contribution in [0.2, 0.25) is 0 Å². The molecule has 5 nitrogen and oxygen atoms in total. The number of pyridine rings is 1. The molecule has 2 heterocycles. The maximum absolute atomic E-state index is 14.7. The Morgan fingerprint density at radius 3 is 2.60 bits per heavy atom. The summed E-state index contributed by atoms with van der Waals surface area (Å²) >= 11 is 0. The van der Waals surface area contributed by atoms with Gasteiger partial charge in [0.25, 0.3) is 0 Å². The molecule has 0 amide bonds. The molecule has 0 radical (unpaired) electrons. The van der Waals surface area contributed by atoms with Crippen LogP contribution in [0.3, 0.4) is 0 Å². The molecule has 0 spiro atoms. The van der Waals surface area contributed by atoms with Crippen LogP contribution in [0.25, 0.3) is 11.1 Å². The van der Waals surface area contributed by atoms with E-state index in [0.717, 1.165) is 33.7 Å². The summed E-state index contributed by atoms with van der Waals surface area (Å²) in [7, 11) is 0. The fourth-order valence-electron chi connectivity index (χ4n) is 3.41. The van der Waals surface area contributed by atoms with E-state index in [2.05, 4.69) is 16.4 Å². The average molecular weight is 403 g/mol. The van der Waals surface area contributed by atoms with Gasteiger partial charge in [-0.1, -0.05) is 18.2 Å². The number of anilines is 1. The highest BCUT2D eigenvalue weighted by atomic mass is 19.1. The number of nitrogens with zero attached hydrogens (tertiary/aromatic N) is 2. The molecule has 6 heteroatoms. The predicted molar refractivity (Wildman–Crippen MR) is 112 cm³/mol. The average Bonchev–Trinajstić information content (AvgIpc) is 2.74. The molecule has 0 bridgehead atoms. The number of ether oxygens (including phenoxy) is 2. The number of benzene rings is 2. The van der Waals surface area contributed by atoms with Crippen molar-refractivity contribution >= 4 is 5.69 Å². The van der Waals surface area contributed by atoms with E-state index in [4.69, 9.17) is 14.7 Å². The SMILES string of the molecule is Cc1ncc(CNc2ccc(-c3ccc(C#N)cc3)cc2F)c2c1OC(C)(C)OC2. The minimum Gasteiger partial charge on any atom is -0.461 e. The fraction of sp³-hybridized carbons (Fsp3) is 0.250. The summed E-state index contributed by atoms with van der Waals surface area (Å²) < 4.78 is 26.4. The van der Waals surface area contributed by atoms with Crippen molar-refractivity contribution in [3.05, 3.63) is 76.9 Å². The largest absolute Gasteiger partial charge is 0.461 e. The molecule has 1 aromatic heterocycles. The summed E-state index contributed by atoms with van der Waals surface area (Å²) in [4.78, 5) is 4.42. The summed E-state index contributed by atoms with van der Waals surface area (Å²) in [5.41, 5.74) is 5.23. The first-order valence-corrected chi connectivity index (χ1v) is 9.70. The molecule has 4 rings (SSSR count). The first-order chi connectivity index (χ1) is 14.4. The van der Waals surface area contributed by atoms with Crippen LogP contribution in [-0.2, 0) is 17.9 Å². The van der Waals surface area contributed by atoms with Crippen LogP contribution in [0.1, 0.15) is 36.2 Å². The molecular formula is C24H22FN3O2. The van der Waals surface area contributed by atoms with E-state index in [1.807, 2.05) is 39.0 Å². The number of rotatable bonds is 4. The standard InChI is InChI=1S/C24H22FN3O2/c1-15-23-20(14-29-24(2,3)30-23)19(12-27-15)13-28-22-9-8-18(10-21(22)25)17-6-4-16(11-26)5-7-17/h4-10,12,28H,13-14H2,1-3H3. The highest BCUT2D eigenvalue weighted by Gasteiger charge is 2.30. The smallest absolute Gasteiger partial charge is 0.205 e. The molecule has 30 heavy (non-hydrogen) atoms. The van der Waals surface area contributed by atoms with Gasteiger partial charge in [-0.15, -0.1) is 0 Å². The maximum atomic E-state index is 14.7. The van der Waals surface area contributed by atoms with Gasteiger partial charge >= 0.3 is 0 Å². The van der Waals surface area contributed by atoms with E-state index in [1.165, 1.54) is 6.07 Å². The van der Waals surface area contributed by atoms with Gasteiger partial charge in [-0.05, 0) is 47.9 Å². The molecule has 0 fully saturated rings. The normalized spacial score (nSPS) is 14.4. The quantitative estimate of drug-likeness (QED) is 0.638. The summed E-state index contributed by atoms with van der Waals surface area (Å²) in [5, 5.41) is 12.1. The number of fused-ring (bicyclic) bond motifs is 1. The molecule has 1 N–H and O–H groups in total. The van der Waals surface area contributed by atoms with Crippen molar-refractivity contribution in [2.75, 3.05) is 5.32 Å². The van der Waals surface area contributed by atoms with Gasteiger partial charge in [-0.2, -0.15) is 5.26 Å². The minimum atomic E-state index is -0.696. The number of aryl methyl sites for hydroxylation is 1. The first-order valence-electron chi connectivity index (χ1n) is 9.70. The second kappa shape index (κ2) is 7.77. The summed E-state index contributed by atoms with van der Waals surface area (Å²) in [5.74, 6) is -0.305. The number of aromatic nitrogens is 1. The highest BCUT2D eigenvalue weighted by Crippen LogP contribution is 2.35. The number of nitrogens with one attached hydrogen (secondary N) is 1. The molecule has 0 saturated heterocycles. The summed E-state index contributed by atoms with van der Waals surface area (Å²) in [6, 6.07) is 14.2. The molecule has 0 atom stereocenters. The van der Waals surface area contributed by atoms with Gasteiger partial charge in [-0.3, -0.25) is 4.98 Å². The third-order valence-electron chi connectivity index (χ3n) is 5.10. The van der Waals surface area contributed by atoms with Gasteiger partial charge in [0, 0.05) is 32.2 Å². The van der Waals surface area contributed by atoms with Gasteiger partial charge in [-0.25, -0.2) is 4.39 Å². The van der Waals surface area contributed by atoms with Crippen molar-refractivity contribution in [3.63, 3.8) is 0 Å². The summed E-state index contributed by atoms with van der Waals surface area (Å²) in [6.45, 7) is 6.45. The van der Waals surface area contributed by atoms with Gasteiger partial charge < -0.3 is 14.8 Å². The Kier molecular flexibility index (Phi) is 5.15. The molecule has 2 aromatic carbocycles. The summed E-state index contributed by atoms with van der Waals surface area (Å²) in [6.07, 6.45) is 1.77. The lowest BCUT2D eigenvalue weighted by Crippen LogP contribution is -2.36. The molecular weight excluding hydrogens is 381 g/mol. The van der Waals surface area contributed by atoms with Crippen molar-refractivity contribution in [1.82, 2.24) is 4.98 Å². The highest BCUT2D eigenvalue weighted by molar-refractivity contribution is 5.67. The van der Waals surface area contributed by atoms with Crippen molar-refractivity contribution in [3.8, 4) is 22.9 Å². The Morgan fingerprint density at radius 1 is 1.17 bits per heavy atom. The molecule has 152 valence electrons. The first kappa shape index (κ1) is 19.9. The van der Waals surface area contributed by atoms with E-state index >= 15 is 0 Å². The lowest BCUT2D eigenvalue weighted by atomic mass is 10.0. The van der Waals surface area contributed by atoms with Gasteiger partial charge in [0.15, 0.2) is 0 Å². The molecule has 1 aliphatic heterocycles. The molecule has 0 aliphatic carbocycles. The third-order valence-corrected chi connectivity index (χ3v) is 5.10. The lowest BCUT2D eigenvalue weighted by molar-refractivity contribution is -0.180. The van der Waals surface area contributed by atoms with E-state index in [-0.39, 0.29) is 5.82 Å². The molecule has 3 aromatic rings. The monoisotopic (exact) mass is 403 g/mol. The number of hydrogen-bond acceptors (Lipinski definition) is 5. The minimum absolute atomic E-state index is 0.348. The van der Waals surface area contributed by atoms with Crippen LogP contribution >= 0.6 is 0 Å². The fourth-order valence-corrected chi connectivity index (χ4v) is 3.41. The number of hydrogen-bond donors (Lipinski definition) is 1. The van der Waals surface area contributed by atoms with E-state index in [0.29, 0.717) is 24.4 Å². The van der Waals surface area contributed by atoms with E-state index in [1.54, 1.807) is 24.4 Å². The van der Waals surface area contributed by atoms with Crippen molar-refractivity contribution in [2.45, 2.75) is 39.7 Å². The van der Waals surface area contributed by atoms with Crippen molar-refractivity contribution in [1.29, 1.82) is 5.26 Å². The van der Waals surface area contributed by atoms with E-state index < -0.39 is 5.79 Å². The number of nitriles is 1. The van der Waals surface area contributed by atoms with Crippen LogP contribution in [0.15, 0.2) is 48.7 Å². The van der Waals surface area contributed by atoms with Crippen LogP contribution in [0.4, 0.5) is 10.1 Å². The predicted octanol–water partition coefficient (Wildman–Crippen LogP) is 5.33. The zero-order chi connectivity index (χ0) is 21.3. The molecule has 0 saturated carbocycles. The zero-order valence-electron chi connectivity index (χ0n) is 17.1. The van der Waals surface area contributed by atoms with Gasteiger partial charge in [0.1, 0.15) is 11.6 Å². The second-order valence-corrected chi connectivity index (χ2v) is 7.70.